The maximum atomic E-state index is 12.6. The average molecular weight is 435 g/mol. The molecule has 0 atom stereocenters. The predicted octanol–water partition coefficient (Wildman–Crippen LogP) is 3.02. The van der Waals surface area contributed by atoms with Crippen LogP contribution in [0.1, 0.15) is 27.6 Å². The summed E-state index contributed by atoms with van der Waals surface area (Å²) in [5, 5.41) is 14.3. The summed E-state index contributed by atoms with van der Waals surface area (Å²) in [5.41, 5.74) is 3.01. The SMILES string of the molecule is Cc1nn(-c2ccc(Br)cc2)c(C)c1C(=O)NCCc1n[nH]c(=S)n1C. The van der Waals surface area contributed by atoms with Crippen LogP contribution in [-0.4, -0.2) is 37.0 Å². The molecule has 136 valence electrons. The lowest BCUT2D eigenvalue weighted by molar-refractivity contribution is 0.0952. The Morgan fingerprint density at radius 1 is 1.31 bits per heavy atom. The molecule has 0 bridgehead atoms. The summed E-state index contributed by atoms with van der Waals surface area (Å²) in [6.07, 6.45) is 0.592. The molecule has 2 aromatic heterocycles. The lowest BCUT2D eigenvalue weighted by Crippen LogP contribution is -2.27. The number of amides is 1. The molecule has 0 fully saturated rings. The van der Waals surface area contributed by atoms with Gasteiger partial charge in [0.25, 0.3) is 5.91 Å². The van der Waals surface area contributed by atoms with Crippen molar-refractivity contribution in [2.75, 3.05) is 6.54 Å². The number of aromatic amines is 1. The van der Waals surface area contributed by atoms with Gasteiger partial charge >= 0.3 is 0 Å². The number of rotatable bonds is 5. The van der Waals surface area contributed by atoms with Crippen LogP contribution in [0.25, 0.3) is 5.69 Å². The molecule has 2 heterocycles. The molecule has 0 aliphatic rings. The third kappa shape index (κ3) is 3.63. The van der Waals surface area contributed by atoms with E-state index in [-0.39, 0.29) is 5.91 Å². The molecule has 0 unspecified atom stereocenters. The molecule has 7 nitrogen and oxygen atoms in total. The van der Waals surface area contributed by atoms with Gasteiger partial charge in [-0.2, -0.15) is 10.2 Å². The second-order valence-corrected chi connectivity index (χ2v) is 7.25. The smallest absolute Gasteiger partial charge is 0.255 e. The third-order valence-corrected chi connectivity index (χ3v) is 5.09. The summed E-state index contributed by atoms with van der Waals surface area (Å²) < 4.78 is 5.14. The van der Waals surface area contributed by atoms with Crippen LogP contribution in [-0.2, 0) is 13.5 Å². The van der Waals surface area contributed by atoms with Crippen molar-refractivity contribution in [1.29, 1.82) is 0 Å². The van der Waals surface area contributed by atoms with E-state index in [1.54, 1.807) is 9.25 Å². The molecule has 0 aliphatic heterocycles. The highest BCUT2D eigenvalue weighted by atomic mass is 79.9. The Morgan fingerprint density at radius 3 is 2.62 bits per heavy atom. The Kier molecular flexibility index (Phi) is 5.38. The van der Waals surface area contributed by atoms with Gasteiger partial charge in [-0.05, 0) is 50.3 Å². The van der Waals surface area contributed by atoms with E-state index >= 15 is 0 Å². The topological polar surface area (TPSA) is 80.5 Å². The van der Waals surface area contributed by atoms with Crippen LogP contribution in [0, 0.1) is 18.6 Å². The van der Waals surface area contributed by atoms with Crippen LogP contribution in [0.5, 0.6) is 0 Å². The van der Waals surface area contributed by atoms with E-state index in [1.807, 2.05) is 45.2 Å². The fourth-order valence-corrected chi connectivity index (χ4v) is 3.20. The van der Waals surface area contributed by atoms with Gasteiger partial charge in [0.2, 0.25) is 0 Å². The zero-order valence-corrected chi connectivity index (χ0v) is 17.1. The second-order valence-electron chi connectivity index (χ2n) is 5.94. The minimum absolute atomic E-state index is 0.139. The number of H-pyrrole nitrogens is 1. The normalized spacial score (nSPS) is 10.9. The number of hydrogen-bond acceptors (Lipinski definition) is 4. The van der Waals surface area contributed by atoms with Gasteiger partial charge in [-0.15, -0.1) is 0 Å². The van der Waals surface area contributed by atoms with Crippen LogP contribution in [0.4, 0.5) is 0 Å². The molecule has 3 rings (SSSR count). The Morgan fingerprint density at radius 2 is 2.00 bits per heavy atom. The molecule has 1 amide bonds. The van der Waals surface area contributed by atoms with Crippen molar-refractivity contribution >= 4 is 34.1 Å². The lowest BCUT2D eigenvalue weighted by atomic mass is 10.2. The highest BCUT2D eigenvalue weighted by molar-refractivity contribution is 9.10. The minimum Gasteiger partial charge on any atom is -0.351 e. The molecule has 0 saturated carbocycles. The summed E-state index contributed by atoms with van der Waals surface area (Å²) in [4.78, 5) is 12.6. The first kappa shape index (κ1) is 18.5. The molecule has 0 aliphatic carbocycles. The molecule has 26 heavy (non-hydrogen) atoms. The van der Waals surface area contributed by atoms with Crippen molar-refractivity contribution in [2.24, 2.45) is 7.05 Å². The van der Waals surface area contributed by atoms with Crippen LogP contribution in [0.15, 0.2) is 28.7 Å². The van der Waals surface area contributed by atoms with Gasteiger partial charge in [-0.25, -0.2) is 4.68 Å². The first-order chi connectivity index (χ1) is 12.4. The van der Waals surface area contributed by atoms with Crippen LogP contribution >= 0.6 is 28.1 Å². The highest BCUT2D eigenvalue weighted by Gasteiger charge is 2.19. The largest absolute Gasteiger partial charge is 0.351 e. The lowest BCUT2D eigenvalue weighted by Gasteiger charge is -2.07. The van der Waals surface area contributed by atoms with Crippen molar-refractivity contribution in [1.82, 2.24) is 29.9 Å². The molecule has 0 spiro atoms. The number of nitrogens with zero attached hydrogens (tertiary/aromatic N) is 4. The number of halogens is 1. The van der Waals surface area contributed by atoms with E-state index in [0.29, 0.717) is 29.0 Å². The number of carbonyl (C=O) groups excluding carboxylic acids is 1. The van der Waals surface area contributed by atoms with Crippen molar-refractivity contribution in [3.63, 3.8) is 0 Å². The maximum absolute atomic E-state index is 12.6. The van der Waals surface area contributed by atoms with Gasteiger partial charge in [0.15, 0.2) is 4.77 Å². The van der Waals surface area contributed by atoms with E-state index in [4.69, 9.17) is 12.2 Å². The fourth-order valence-electron chi connectivity index (χ4n) is 2.78. The van der Waals surface area contributed by atoms with Crippen LogP contribution < -0.4 is 5.32 Å². The standard InChI is InChI=1S/C17H19BrN6OS/c1-10-15(11(2)24(22-10)13-6-4-12(18)5-7-13)16(25)19-9-8-14-20-21-17(26)23(14)3/h4-7H,8-9H2,1-3H3,(H,19,25)(H,21,26). The van der Waals surface area contributed by atoms with Crippen molar-refractivity contribution in [2.45, 2.75) is 20.3 Å². The number of benzene rings is 1. The van der Waals surface area contributed by atoms with Gasteiger partial charge in [-0.1, -0.05) is 15.9 Å². The summed E-state index contributed by atoms with van der Waals surface area (Å²) in [6, 6.07) is 7.80. The second kappa shape index (κ2) is 7.55. The fraction of sp³-hybridized carbons (Fsp3) is 0.294. The maximum Gasteiger partial charge on any atom is 0.255 e. The van der Waals surface area contributed by atoms with E-state index in [1.165, 1.54) is 0 Å². The number of aryl methyl sites for hydroxylation is 1. The first-order valence-corrected chi connectivity index (χ1v) is 9.29. The summed E-state index contributed by atoms with van der Waals surface area (Å²) in [5.74, 6) is 0.662. The zero-order chi connectivity index (χ0) is 18.8. The number of carbonyl (C=O) groups is 1. The van der Waals surface area contributed by atoms with Crippen molar-refractivity contribution < 1.29 is 4.79 Å². The van der Waals surface area contributed by atoms with E-state index in [2.05, 4.69) is 36.5 Å². The Hall–Kier alpha value is -2.26. The van der Waals surface area contributed by atoms with Crippen LogP contribution in [0.3, 0.4) is 0 Å². The molecule has 0 saturated heterocycles. The molecule has 2 N–H and O–H groups in total. The summed E-state index contributed by atoms with van der Waals surface area (Å²) in [7, 11) is 1.85. The minimum atomic E-state index is -0.139. The quantitative estimate of drug-likeness (QED) is 0.604. The van der Waals surface area contributed by atoms with E-state index < -0.39 is 0 Å². The van der Waals surface area contributed by atoms with Crippen molar-refractivity contribution in [3.05, 3.63) is 56.3 Å². The van der Waals surface area contributed by atoms with Crippen molar-refractivity contribution in [3.8, 4) is 5.69 Å². The van der Waals surface area contributed by atoms with E-state index in [0.717, 1.165) is 21.7 Å². The predicted molar refractivity (Wildman–Crippen MR) is 105 cm³/mol. The molecular weight excluding hydrogens is 416 g/mol. The summed E-state index contributed by atoms with van der Waals surface area (Å²) >= 11 is 8.51. The molecular formula is C17H19BrN6OS. The Labute approximate surface area is 164 Å². The van der Waals surface area contributed by atoms with Gasteiger partial charge < -0.3 is 9.88 Å². The van der Waals surface area contributed by atoms with Crippen LogP contribution in [0.2, 0.25) is 0 Å². The van der Waals surface area contributed by atoms with Gasteiger partial charge in [0.05, 0.1) is 22.6 Å². The number of nitrogens with one attached hydrogen (secondary N) is 2. The molecule has 9 heteroatoms. The highest BCUT2D eigenvalue weighted by Crippen LogP contribution is 2.19. The molecule has 3 aromatic rings. The Bertz CT molecular complexity index is 1000. The summed E-state index contributed by atoms with van der Waals surface area (Å²) in [6.45, 7) is 4.21. The molecule has 1 aromatic carbocycles. The zero-order valence-electron chi connectivity index (χ0n) is 14.7. The average Bonchev–Trinajstić information content (AvgIpc) is 3.08. The van der Waals surface area contributed by atoms with Gasteiger partial charge in [-0.3, -0.25) is 9.89 Å². The number of aromatic nitrogens is 5. The number of hydrogen-bond donors (Lipinski definition) is 2. The molecule has 0 radical (unpaired) electrons. The monoisotopic (exact) mass is 434 g/mol. The third-order valence-electron chi connectivity index (χ3n) is 4.20. The van der Waals surface area contributed by atoms with Gasteiger partial charge in [0, 0.05) is 24.5 Å². The van der Waals surface area contributed by atoms with E-state index in [9.17, 15) is 4.79 Å². The first-order valence-electron chi connectivity index (χ1n) is 8.09. The van der Waals surface area contributed by atoms with Gasteiger partial charge in [0.1, 0.15) is 5.82 Å². The Balaban J connectivity index is 1.74.